The summed E-state index contributed by atoms with van der Waals surface area (Å²) in [6.07, 6.45) is 2.29. The largest absolute Gasteiger partial charge is 0.443 e. The van der Waals surface area contributed by atoms with Gasteiger partial charge in [-0.15, -0.1) is 0 Å². The molecule has 1 aliphatic heterocycles. The van der Waals surface area contributed by atoms with E-state index in [9.17, 15) is 14.9 Å². The van der Waals surface area contributed by atoms with Crippen molar-refractivity contribution >= 4 is 23.6 Å². The summed E-state index contributed by atoms with van der Waals surface area (Å²) in [6.45, 7) is 1.30. The molecule has 1 aliphatic rings. The van der Waals surface area contributed by atoms with Gasteiger partial charge in [0.05, 0.1) is 0 Å². The fourth-order valence-corrected chi connectivity index (χ4v) is 3.33. The Bertz CT molecular complexity index is 953. The lowest BCUT2D eigenvalue weighted by Crippen LogP contribution is -2.35. The molecule has 154 valence electrons. The second kappa shape index (κ2) is 9.75. The highest BCUT2D eigenvalue weighted by atomic mass is 16.5. The van der Waals surface area contributed by atoms with Crippen LogP contribution in [0.15, 0.2) is 60.2 Å². The number of rotatable bonds is 6. The Labute approximate surface area is 177 Å². The van der Waals surface area contributed by atoms with E-state index in [2.05, 4.69) is 0 Å². The first kappa shape index (κ1) is 21.1. The van der Waals surface area contributed by atoms with E-state index in [-0.39, 0.29) is 11.5 Å². The van der Waals surface area contributed by atoms with Crippen molar-refractivity contribution in [1.29, 1.82) is 5.26 Å². The van der Waals surface area contributed by atoms with Crippen LogP contribution in [0.1, 0.15) is 30.1 Å². The van der Waals surface area contributed by atoms with Gasteiger partial charge in [-0.25, -0.2) is 4.79 Å². The SMILES string of the molecule is CN(C)c1ccc(/C=C(\C#N)C(=O)O[C@H](C(=O)N2CCCC2)c2ccccc2)cc1. The average molecular weight is 403 g/mol. The number of nitrogens with zero attached hydrogens (tertiary/aromatic N) is 3. The summed E-state index contributed by atoms with van der Waals surface area (Å²) >= 11 is 0. The Hall–Kier alpha value is -3.59. The molecule has 0 unspecified atom stereocenters. The number of hydrogen-bond donors (Lipinski definition) is 0. The number of ether oxygens (including phenoxy) is 1. The molecule has 30 heavy (non-hydrogen) atoms. The molecule has 0 spiro atoms. The van der Waals surface area contributed by atoms with E-state index >= 15 is 0 Å². The zero-order chi connectivity index (χ0) is 21.5. The molecule has 1 saturated heterocycles. The van der Waals surface area contributed by atoms with Crippen LogP contribution >= 0.6 is 0 Å². The Morgan fingerprint density at radius 2 is 1.70 bits per heavy atom. The predicted octanol–water partition coefficient (Wildman–Crippen LogP) is 3.57. The number of nitriles is 1. The van der Waals surface area contributed by atoms with Crippen molar-refractivity contribution in [3.63, 3.8) is 0 Å². The smallest absolute Gasteiger partial charge is 0.350 e. The third-order valence-corrected chi connectivity index (χ3v) is 5.03. The minimum atomic E-state index is -1.07. The van der Waals surface area contributed by atoms with Crippen molar-refractivity contribution in [1.82, 2.24) is 4.90 Å². The first-order chi connectivity index (χ1) is 14.5. The van der Waals surface area contributed by atoms with Crippen molar-refractivity contribution in [2.45, 2.75) is 18.9 Å². The Kier molecular flexibility index (Phi) is 6.87. The van der Waals surface area contributed by atoms with Gasteiger partial charge in [-0.05, 0) is 36.6 Å². The standard InChI is InChI=1S/C24H25N3O3/c1-26(2)21-12-10-18(11-13-21)16-20(17-25)24(29)30-22(19-8-4-3-5-9-19)23(28)27-14-6-7-15-27/h3-5,8-13,16,22H,6-7,14-15H2,1-2H3/b20-16+/t22-/m0/s1. The molecule has 1 fully saturated rings. The van der Waals surface area contributed by atoms with Crippen LogP contribution in [0.4, 0.5) is 5.69 Å². The minimum Gasteiger partial charge on any atom is -0.443 e. The van der Waals surface area contributed by atoms with Crippen molar-refractivity contribution in [2.75, 3.05) is 32.1 Å². The molecule has 0 aromatic heterocycles. The molecular weight excluding hydrogens is 378 g/mol. The van der Waals surface area contributed by atoms with E-state index in [0.29, 0.717) is 24.2 Å². The van der Waals surface area contributed by atoms with Crippen LogP contribution in [-0.4, -0.2) is 44.0 Å². The fraction of sp³-hybridized carbons (Fsp3) is 0.292. The quantitative estimate of drug-likeness (QED) is 0.419. The summed E-state index contributed by atoms with van der Waals surface area (Å²) in [4.78, 5) is 29.4. The first-order valence-corrected chi connectivity index (χ1v) is 9.93. The maximum Gasteiger partial charge on any atom is 0.350 e. The molecule has 3 rings (SSSR count). The summed E-state index contributed by atoms with van der Waals surface area (Å²) in [6, 6.07) is 18.3. The van der Waals surface area contributed by atoms with Crippen LogP contribution < -0.4 is 4.90 Å². The molecular formula is C24H25N3O3. The summed E-state index contributed by atoms with van der Waals surface area (Å²) in [5.74, 6) is -1.06. The molecule has 0 saturated carbocycles. The van der Waals surface area contributed by atoms with Crippen molar-refractivity contribution < 1.29 is 14.3 Å². The molecule has 2 aromatic rings. The number of amides is 1. The molecule has 0 N–H and O–H groups in total. The Balaban J connectivity index is 1.82. The van der Waals surface area contributed by atoms with Crippen LogP contribution in [0.25, 0.3) is 6.08 Å². The Morgan fingerprint density at radius 1 is 1.07 bits per heavy atom. The highest BCUT2D eigenvalue weighted by Gasteiger charge is 2.31. The third-order valence-electron chi connectivity index (χ3n) is 5.03. The van der Waals surface area contributed by atoms with Crippen LogP contribution in [0.5, 0.6) is 0 Å². The van der Waals surface area contributed by atoms with Gasteiger partial charge < -0.3 is 14.5 Å². The second-order valence-electron chi connectivity index (χ2n) is 7.38. The molecule has 0 bridgehead atoms. The summed E-state index contributed by atoms with van der Waals surface area (Å²) in [7, 11) is 3.87. The molecule has 1 amide bonds. The lowest BCUT2D eigenvalue weighted by Gasteiger charge is -2.23. The van der Waals surface area contributed by atoms with Crippen LogP contribution in [-0.2, 0) is 14.3 Å². The normalized spacial score (nSPS) is 14.7. The predicted molar refractivity (Wildman–Crippen MR) is 115 cm³/mol. The van der Waals surface area contributed by atoms with Gasteiger partial charge in [-0.1, -0.05) is 42.5 Å². The maximum atomic E-state index is 13.0. The fourth-order valence-electron chi connectivity index (χ4n) is 3.33. The van der Waals surface area contributed by atoms with Gasteiger partial charge in [-0.2, -0.15) is 5.26 Å². The molecule has 1 atom stereocenters. The van der Waals surface area contributed by atoms with E-state index in [1.54, 1.807) is 29.2 Å². The van der Waals surface area contributed by atoms with E-state index in [1.807, 2.05) is 55.4 Å². The zero-order valence-corrected chi connectivity index (χ0v) is 17.2. The van der Waals surface area contributed by atoms with Gasteiger partial charge in [-0.3, -0.25) is 4.79 Å². The number of carbonyl (C=O) groups is 2. The lowest BCUT2D eigenvalue weighted by atomic mass is 10.1. The van der Waals surface area contributed by atoms with Crippen LogP contribution in [0.3, 0.4) is 0 Å². The van der Waals surface area contributed by atoms with Gasteiger partial charge in [0.25, 0.3) is 5.91 Å². The summed E-state index contributed by atoms with van der Waals surface area (Å²) in [5.41, 5.74) is 2.16. The average Bonchev–Trinajstić information content (AvgIpc) is 3.31. The monoisotopic (exact) mass is 403 g/mol. The highest BCUT2D eigenvalue weighted by molar-refractivity contribution is 5.99. The van der Waals surface area contributed by atoms with Crippen LogP contribution in [0, 0.1) is 11.3 Å². The van der Waals surface area contributed by atoms with Crippen molar-refractivity contribution in [3.05, 3.63) is 71.3 Å². The number of carbonyl (C=O) groups excluding carboxylic acids is 2. The molecule has 2 aromatic carbocycles. The van der Waals surface area contributed by atoms with E-state index in [4.69, 9.17) is 4.74 Å². The van der Waals surface area contributed by atoms with E-state index < -0.39 is 12.1 Å². The van der Waals surface area contributed by atoms with Gasteiger partial charge in [0.2, 0.25) is 6.10 Å². The van der Waals surface area contributed by atoms with Gasteiger partial charge in [0.1, 0.15) is 11.6 Å². The molecule has 6 heteroatoms. The zero-order valence-electron chi connectivity index (χ0n) is 17.2. The molecule has 6 nitrogen and oxygen atoms in total. The van der Waals surface area contributed by atoms with Gasteiger partial charge in [0, 0.05) is 38.4 Å². The number of benzene rings is 2. The third kappa shape index (κ3) is 5.06. The molecule has 1 heterocycles. The van der Waals surface area contributed by atoms with Crippen LogP contribution in [0.2, 0.25) is 0 Å². The maximum absolute atomic E-state index is 13.0. The first-order valence-electron chi connectivity index (χ1n) is 9.93. The topological polar surface area (TPSA) is 73.6 Å². The van der Waals surface area contributed by atoms with E-state index in [1.165, 1.54) is 6.08 Å². The summed E-state index contributed by atoms with van der Waals surface area (Å²) in [5, 5.41) is 9.51. The number of likely N-dealkylation sites (tertiary alicyclic amines) is 1. The minimum absolute atomic E-state index is 0.150. The number of anilines is 1. The van der Waals surface area contributed by atoms with Gasteiger partial charge >= 0.3 is 5.97 Å². The molecule has 0 radical (unpaired) electrons. The lowest BCUT2D eigenvalue weighted by molar-refractivity contribution is -0.157. The summed E-state index contributed by atoms with van der Waals surface area (Å²) < 4.78 is 5.57. The second-order valence-corrected chi connectivity index (χ2v) is 7.38. The number of esters is 1. The van der Waals surface area contributed by atoms with E-state index in [0.717, 1.165) is 18.5 Å². The highest BCUT2D eigenvalue weighted by Crippen LogP contribution is 2.24. The van der Waals surface area contributed by atoms with Gasteiger partial charge in [0.15, 0.2) is 0 Å². The Morgan fingerprint density at radius 3 is 2.27 bits per heavy atom. The van der Waals surface area contributed by atoms with Crippen molar-refractivity contribution in [2.24, 2.45) is 0 Å². The molecule has 0 aliphatic carbocycles. The number of hydrogen-bond acceptors (Lipinski definition) is 5. The van der Waals surface area contributed by atoms with Crippen molar-refractivity contribution in [3.8, 4) is 6.07 Å².